The van der Waals surface area contributed by atoms with Gasteiger partial charge in [0.05, 0.1) is 5.56 Å². The molecule has 1 aromatic heterocycles. The molecule has 0 atom stereocenters. The molecule has 1 aliphatic heterocycles. The second-order valence-corrected chi connectivity index (χ2v) is 3.56. The molecule has 1 N–H and O–H groups in total. The summed E-state index contributed by atoms with van der Waals surface area (Å²) in [7, 11) is 0. The number of piperazine rings is 1. The molecule has 2 heterocycles. The molecular formula is C10H16Cl2N4O. The Labute approximate surface area is 113 Å². The second kappa shape index (κ2) is 7.42. The quantitative estimate of drug-likeness (QED) is 0.816. The Morgan fingerprint density at radius 1 is 1.24 bits per heavy atom. The first-order valence-electron chi connectivity index (χ1n) is 5.06. The van der Waals surface area contributed by atoms with Crippen LogP contribution in [0.2, 0.25) is 0 Å². The first kappa shape index (κ1) is 16.1. The van der Waals surface area contributed by atoms with Gasteiger partial charge in [-0.25, -0.2) is 9.97 Å². The van der Waals surface area contributed by atoms with Gasteiger partial charge in [-0.05, 0) is 6.92 Å². The van der Waals surface area contributed by atoms with Gasteiger partial charge in [0.2, 0.25) is 5.95 Å². The number of rotatable bonds is 2. The number of carbonyl (C=O) groups is 1. The minimum absolute atomic E-state index is 0. The first-order chi connectivity index (χ1) is 7.27. The van der Waals surface area contributed by atoms with Gasteiger partial charge in [-0.2, -0.15) is 0 Å². The Hall–Kier alpha value is -0.910. The van der Waals surface area contributed by atoms with Crippen LogP contribution in [0.4, 0.5) is 5.95 Å². The molecule has 1 aliphatic rings. The lowest BCUT2D eigenvalue weighted by molar-refractivity contribution is 0.101. The van der Waals surface area contributed by atoms with Crippen LogP contribution in [-0.4, -0.2) is 41.9 Å². The Kier molecular flexibility index (Phi) is 7.03. The summed E-state index contributed by atoms with van der Waals surface area (Å²) < 4.78 is 0. The monoisotopic (exact) mass is 278 g/mol. The molecule has 0 amide bonds. The molecule has 0 saturated carbocycles. The van der Waals surface area contributed by atoms with Crippen LogP contribution in [0.3, 0.4) is 0 Å². The van der Waals surface area contributed by atoms with E-state index in [0.29, 0.717) is 11.5 Å². The molecule has 0 aliphatic carbocycles. The molecule has 1 fully saturated rings. The predicted octanol–water partition coefficient (Wildman–Crippen LogP) is 0.932. The van der Waals surface area contributed by atoms with Gasteiger partial charge < -0.3 is 10.2 Å². The van der Waals surface area contributed by atoms with Crippen molar-refractivity contribution < 1.29 is 4.79 Å². The third kappa shape index (κ3) is 4.11. The van der Waals surface area contributed by atoms with Crippen molar-refractivity contribution in [3.63, 3.8) is 0 Å². The van der Waals surface area contributed by atoms with E-state index in [2.05, 4.69) is 20.2 Å². The van der Waals surface area contributed by atoms with Gasteiger partial charge >= 0.3 is 0 Å². The number of hydrogen-bond donors (Lipinski definition) is 1. The van der Waals surface area contributed by atoms with Gasteiger partial charge in [-0.3, -0.25) is 4.79 Å². The van der Waals surface area contributed by atoms with Crippen LogP contribution in [0.1, 0.15) is 17.3 Å². The number of halogens is 2. The third-order valence-electron chi connectivity index (χ3n) is 2.44. The number of carbonyl (C=O) groups excluding carboxylic acids is 1. The summed E-state index contributed by atoms with van der Waals surface area (Å²) in [5.41, 5.74) is 0.564. The molecule has 0 radical (unpaired) electrons. The van der Waals surface area contributed by atoms with Crippen LogP contribution in [0.5, 0.6) is 0 Å². The highest BCUT2D eigenvalue weighted by Crippen LogP contribution is 2.07. The average Bonchev–Trinajstić information content (AvgIpc) is 2.30. The number of Topliss-reactive ketones (excluding diaryl/α,β-unsaturated/α-hetero) is 1. The van der Waals surface area contributed by atoms with Crippen molar-refractivity contribution in [3.05, 3.63) is 18.0 Å². The standard InChI is InChI=1S/C10H14N4O.2ClH/c1-8(15)9-6-12-10(13-7-9)14-4-2-11-3-5-14;;/h6-7,11H,2-5H2,1H3;2*1H. The molecule has 1 saturated heterocycles. The van der Waals surface area contributed by atoms with Gasteiger partial charge in [0.15, 0.2) is 5.78 Å². The smallest absolute Gasteiger partial charge is 0.225 e. The lowest BCUT2D eigenvalue weighted by Crippen LogP contribution is -2.44. The first-order valence-corrected chi connectivity index (χ1v) is 5.06. The maximum Gasteiger partial charge on any atom is 0.225 e. The summed E-state index contributed by atoms with van der Waals surface area (Å²) in [5, 5.41) is 3.26. The minimum Gasteiger partial charge on any atom is -0.338 e. The fourth-order valence-corrected chi connectivity index (χ4v) is 1.53. The maximum atomic E-state index is 11.0. The molecule has 5 nitrogen and oxygen atoms in total. The number of anilines is 1. The summed E-state index contributed by atoms with van der Waals surface area (Å²) in [5.74, 6) is 0.711. The zero-order valence-corrected chi connectivity index (χ0v) is 11.2. The van der Waals surface area contributed by atoms with E-state index in [1.165, 1.54) is 6.92 Å². The molecule has 0 aromatic carbocycles. The van der Waals surface area contributed by atoms with Crippen molar-refractivity contribution in [1.82, 2.24) is 15.3 Å². The Morgan fingerprint density at radius 3 is 2.24 bits per heavy atom. The van der Waals surface area contributed by atoms with E-state index in [9.17, 15) is 4.79 Å². The molecule has 0 unspecified atom stereocenters. The van der Waals surface area contributed by atoms with Crippen LogP contribution in [0, 0.1) is 0 Å². The van der Waals surface area contributed by atoms with Crippen LogP contribution < -0.4 is 10.2 Å². The molecule has 1 aromatic rings. The topological polar surface area (TPSA) is 58.1 Å². The molecule has 0 spiro atoms. The summed E-state index contributed by atoms with van der Waals surface area (Å²) in [4.78, 5) is 21.5. The number of nitrogens with one attached hydrogen (secondary N) is 1. The van der Waals surface area contributed by atoms with Gasteiger partial charge in [-0.15, -0.1) is 24.8 Å². The highest BCUT2D eigenvalue weighted by Gasteiger charge is 2.12. The van der Waals surface area contributed by atoms with Crippen molar-refractivity contribution in [2.24, 2.45) is 0 Å². The van der Waals surface area contributed by atoms with E-state index in [0.717, 1.165) is 26.2 Å². The zero-order valence-electron chi connectivity index (χ0n) is 9.55. The predicted molar refractivity (Wildman–Crippen MR) is 71.6 cm³/mol. The Morgan fingerprint density at radius 2 is 1.76 bits per heavy atom. The SMILES string of the molecule is CC(=O)c1cnc(N2CCNCC2)nc1.Cl.Cl. The molecule has 2 rings (SSSR count). The third-order valence-corrected chi connectivity index (χ3v) is 2.44. The molecule has 0 bridgehead atoms. The largest absolute Gasteiger partial charge is 0.338 e. The number of aromatic nitrogens is 2. The van der Waals surface area contributed by atoms with Crippen molar-refractivity contribution in [2.75, 3.05) is 31.1 Å². The Bertz CT molecular complexity index is 352. The lowest BCUT2D eigenvalue weighted by atomic mass is 10.2. The van der Waals surface area contributed by atoms with Crippen molar-refractivity contribution in [2.45, 2.75) is 6.92 Å². The van der Waals surface area contributed by atoms with Crippen LogP contribution in [0.15, 0.2) is 12.4 Å². The van der Waals surface area contributed by atoms with Crippen LogP contribution in [0.25, 0.3) is 0 Å². The highest BCUT2D eigenvalue weighted by molar-refractivity contribution is 5.93. The van der Waals surface area contributed by atoms with E-state index in [1.54, 1.807) is 12.4 Å². The zero-order chi connectivity index (χ0) is 10.7. The fourth-order valence-electron chi connectivity index (χ4n) is 1.53. The highest BCUT2D eigenvalue weighted by atomic mass is 35.5. The summed E-state index contributed by atoms with van der Waals surface area (Å²) in [6.07, 6.45) is 3.18. The molecular weight excluding hydrogens is 263 g/mol. The second-order valence-electron chi connectivity index (χ2n) is 3.56. The molecule has 96 valence electrons. The van der Waals surface area contributed by atoms with Gasteiger partial charge in [0.25, 0.3) is 0 Å². The Balaban J connectivity index is 0.00000128. The van der Waals surface area contributed by atoms with Crippen molar-refractivity contribution >= 4 is 36.5 Å². The van der Waals surface area contributed by atoms with E-state index in [1.807, 2.05) is 0 Å². The number of ketones is 1. The normalized spacial score (nSPS) is 14.5. The van der Waals surface area contributed by atoms with E-state index >= 15 is 0 Å². The van der Waals surface area contributed by atoms with Crippen molar-refractivity contribution in [1.29, 1.82) is 0 Å². The van der Waals surface area contributed by atoms with Crippen LogP contribution >= 0.6 is 24.8 Å². The van der Waals surface area contributed by atoms with E-state index in [-0.39, 0.29) is 30.6 Å². The summed E-state index contributed by atoms with van der Waals surface area (Å²) in [6, 6.07) is 0. The van der Waals surface area contributed by atoms with Crippen molar-refractivity contribution in [3.8, 4) is 0 Å². The van der Waals surface area contributed by atoms with Gasteiger partial charge in [0, 0.05) is 38.6 Å². The maximum absolute atomic E-state index is 11.0. The molecule has 17 heavy (non-hydrogen) atoms. The van der Waals surface area contributed by atoms with Gasteiger partial charge in [0.1, 0.15) is 0 Å². The fraction of sp³-hybridized carbons (Fsp3) is 0.500. The average molecular weight is 279 g/mol. The van der Waals surface area contributed by atoms with Crippen LogP contribution in [-0.2, 0) is 0 Å². The molecule has 7 heteroatoms. The van der Waals surface area contributed by atoms with E-state index in [4.69, 9.17) is 0 Å². The summed E-state index contributed by atoms with van der Waals surface area (Å²) in [6.45, 7) is 5.26. The number of nitrogens with zero attached hydrogens (tertiary/aromatic N) is 3. The number of hydrogen-bond acceptors (Lipinski definition) is 5. The van der Waals surface area contributed by atoms with Gasteiger partial charge in [-0.1, -0.05) is 0 Å². The summed E-state index contributed by atoms with van der Waals surface area (Å²) >= 11 is 0. The lowest BCUT2D eigenvalue weighted by Gasteiger charge is -2.27. The van der Waals surface area contributed by atoms with E-state index < -0.39 is 0 Å². The minimum atomic E-state index is 0.